The minimum atomic E-state index is -1.93. The first-order valence-corrected chi connectivity index (χ1v) is 10.7. The Labute approximate surface area is 190 Å². The number of nitriles is 1. The quantitative estimate of drug-likeness (QED) is 0.446. The molecule has 33 heavy (non-hydrogen) atoms. The van der Waals surface area contributed by atoms with E-state index in [9.17, 15) is 14.7 Å². The van der Waals surface area contributed by atoms with Crippen LogP contribution in [0.4, 0.5) is 5.69 Å². The van der Waals surface area contributed by atoms with Crippen LogP contribution in [0.2, 0.25) is 0 Å². The Morgan fingerprint density at radius 3 is 2.55 bits per heavy atom. The minimum Gasteiger partial charge on any atom is -0.375 e. The first-order chi connectivity index (χ1) is 16.0. The van der Waals surface area contributed by atoms with Crippen molar-refractivity contribution in [3.05, 3.63) is 101 Å². The van der Waals surface area contributed by atoms with Crippen LogP contribution in [-0.4, -0.2) is 28.3 Å². The number of fused-ring (bicyclic) bond motifs is 2. The molecular weight excluding hydrogens is 414 g/mol. The molecule has 1 unspecified atom stereocenters. The van der Waals surface area contributed by atoms with Crippen molar-refractivity contribution in [2.24, 2.45) is 0 Å². The number of carbonyl (C=O) groups is 2. The Hall–Kier alpha value is -4.21. The second-order valence-electron chi connectivity index (χ2n) is 8.23. The highest BCUT2D eigenvalue weighted by Crippen LogP contribution is 2.43. The molecule has 6 nitrogen and oxygen atoms in total. The van der Waals surface area contributed by atoms with Crippen LogP contribution in [-0.2, 0) is 16.8 Å². The van der Waals surface area contributed by atoms with Crippen LogP contribution in [0.3, 0.4) is 0 Å². The van der Waals surface area contributed by atoms with Crippen molar-refractivity contribution in [3.8, 4) is 6.07 Å². The van der Waals surface area contributed by atoms with E-state index in [0.717, 1.165) is 16.5 Å². The summed E-state index contributed by atoms with van der Waals surface area (Å²) in [4.78, 5) is 31.2. The Kier molecular flexibility index (Phi) is 5.04. The summed E-state index contributed by atoms with van der Waals surface area (Å²) in [5, 5.41) is 21.5. The topological polar surface area (TPSA) is 97.2 Å². The number of hydrogen-bond donors (Lipinski definition) is 2. The average Bonchev–Trinajstić information content (AvgIpc) is 3.35. The van der Waals surface area contributed by atoms with Gasteiger partial charge in [-0.15, -0.1) is 0 Å². The van der Waals surface area contributed by atoms with Crippen LogP contribution in [0.25, 0.3) is 10.9 Å². The predicted molar refractivity (Wildman–Crippen MR) is 125 cm³/mol. The van der Waals surface area contributed by atoms with Crippen molar-refractivity contribution in [1.82, 2.24) is 4.98 Å². The molecule has 0 spiro atoms. The van der Waals surface area contributed by atoms with E-state index < -0.39 is 11.5 Å². The molecule has 2 N–H and O–H groups in total. The van der Waals surface area contributed by atoms with Crippen LogP contribution in [0.1, 0.15) is 33.5 Å². The SMILES string of the molecule is N#Cc1ccc(C(=O)CC2(O)C(=O)N(CCc3c[nH]c4ccccc34)c3ccccc32)cc1. The zero-order valence-corrected chi connectivity index (χ0v) is 17.8. The van der Waals surface area contributed by atoms with E-state index in [1.54, 1.807) is 47.4 Å². The molecule has 1 atom stereocenters. The Morgan fingerprint density at radius 1 is 1.03 bits per heavy atom. The molecule has 0 aliphatic carbocycles. The molecule has 1 aliphatic heterocycles. The number of benzene rings is 3. The van der Waals surface area contributed by atoms with E-state index in [2.05, 4.69) is 4.98 Å². The van der Waals surface area contributed by atoms with Crippen molar-refractivity contribution in [1.29, 1.82) is 5.26 Å². The van der Waals surface area contributed by atoms with Gasteiger partial charge in [0, 0.05) is 34.8 Å². The van der Waals surface area contributed by atoms with Crippen molar-refractivity contribution in [3.63, 3.8) is 0 Å². The van der Waals surface area contributed by atoms with Gasteiger partial charge in [-0.2, -0.15) is 5.26 Å². The van der Waals surface area contributed by atoms with Gasteiger partial charge in [-0.1, -0.05) is 48.5 Å². The molecule has 0 saturated heterocycles. The maximum Gasteiger partial charge on any atom is 0.264 e. The summed E-state index contributed by atoms with van der Waals surface area (Å²) in [5.74, 6) is -0.853. The Balaban J connectivity index is 1.41. The smallest absolute Gasteiger partial charge is 0.264 e. The molecule has 4 aromatic rings. The number of nitrogens with zero attached hydrogens (tertiary/aromatic N) is 2. The summed E-state index contributed by atoms with van der Waals surface area (Å²) >= 11 is 0. The number of aromatic amines is 1. The Bertz CT molecular complexity index is 1410. The molecule has 2 heterocycles. The first-order valence-electron chi connectivity index (χ1n) is 10.7. The van der Waals surface area contributed by atoms with E-state index in [1.807, 2.05) is 42.6 Å². The average molecular weight is 435 g/mol. The summed E-state index contributed by atoms with van der Waals surface area (Å²) in [7, 11) is 0. The normalized spacial score (nSPS) is 17.2. The number of aromatic nitrogens is 1. The maximum absolute atomic E-state index is 13.4. The van der Waals surface area contributed by atoms with Gasteiger partial charge in [0.15, 0.2) is 11.4 Å². The molecule has 162 valence electrons. The van der Waals surface area contributed by atoms with E-state index >= 15 is 0 Å². The van der Waals surface area contributed by atoms with E-state index in [-0.39, 0.29) is 12.2 Å². The van der Waals surface area contributed by atoms with Crippen LogP contribution in [0, 0.1) is 11.3 Å². The fourth-order valence-electron chi connectivity index (χ4n) is 4.54. The van der Waals surface area contributed by atoms with Crippen molar-refractivity contribution in [2.75, 3.05) is 11.4 Å². The zero-order chi connectivity index (χ0) is 23.0. The van der Waals surface area contributed by atoms with Crippen LogP contribution >= 0.6 is 0 Å². The van der Waals surface area contributed by atoms with Gasteiger partial charge < -0.3 is 15.0 Å². The van der Waals surface area contributed by atoms with Gasteiger partial charge in [0.1, 0.15) is 0 Å². The van der Waals surface area contributed by atoms with Gasteiger partial charge >= 0.3 is 0 Å². The lowest BCUT2D eigenvalue weighted by Gasteiger charge is -2.23. The number of hydrogen-bond acceptors (Lipinski definition) is 4. The number of amides is 1. The number of ketones is 1. The van der Waals surface area contributed by atoms with Gasteiger partial charge in [-0.05, 0) is 36.2 Å². The van der Waals surface area contributed by atoms with E-state index in [0.29, 0.717) is 35.3 Å². The number of nitrogens with one attached hydrogen (secondary N) is 1. The molecule has 0 bridgehead atoms. The largest absolute Gasteiger partial charge is 0.375 e. The number of anilines is 1. The van der Waals surface area contributed by atoms with E-state index in [4.69, 9.17) is 5.26 Å². The van der Waals surface area contributed by atoms with Gasteiger partial charge in [0.25, 0.3) is 5.91 Å². The molecule has 6 heteroatoms. The van der Waals surface area contributed by atoms with Crippen LogP contribution < -0.4 is 4.90 Å². The lowest BCUT2D eigenvalue weighted by molar-refractivity contribution is -0.135. The molecule has 0 fully saturated rings. The lowest BCUT2D eigenvalue weighted by atomic mass is 9.88. The zero-order valence-electron chi connectivity index (χ0n) is 17.8. The molecule has 1 aliphatic rings. The summed E-state index contributed by atoms with van der Waals surface area (Å²) in [6.45, 7) is 0.380. The van der Waals surface area contributed by atoms with Crippen molar-refractivity contribution in [2.45, 2.75) is 18.4 Å². The summed E-state index contributed by atoms with van der Waals surface area (Å²) in [6, 6.07) is 23.3. The number of rotatable bonds is 6. The highest BCUT2D eigenvalue weighted by Gasteiger charge is 2.50. The molecule has 1 aromatic heterocycles. The third-order valence-electron chi connectivity index (χ3n) is 6.27. The fraction of sp³-hybridized carbons (Fsp3) is 0.148. The predicted octanol–water partition coefficient (Wildman–Crippen LogP) is 4.09. The summed E-state index contributed by atoms with van der Waals surface area (Å²) in [5.41, 5.74) is 2.04. The number of Topliss-reactive ketones (excluding diaryl/α,β-unsaturated/α-hetero) is 1. The third kappa shape index (κ3) is 3.49. The van der Waals surface area contributed by atoms with Gasteiger partial charge in [0.2, 0.25) is 0 Å². The lowest BCUT2D eigenvalue weighted by Crippen LogP contribution is -2.42. The van der Waals surface area contributed by atoms with E-state index in [1.165, 1.54) is 0 Å². The van der Waals surface area contributed by atoms with Gasteiger partial charge in [0.05, 0.1) is 23.7 Å². The van der Waals surface area contributed by atoms with Crippen molar-refractivity contribution >= 4 is 28.3 Å². The van der Waals surface area contributed by atoms with Gasteiger partial charge in [-0.3, -0.25) is 9.59 Å². The molecule has 1 amide bonds. The molecule has 0 radical (unpaired) electrons. The first kappa shape index (κ1) is 20.7. The number of H-pyrrole nitrogens is 1. The highest BCUT2D eigenvalue weighted by molar-refractivity contribution is 6.10. The standard InChI is InChI=1S/C27H21N3O3/c28-16-18-9-11-19(12-10-18)25(31)15-27(33)22-6-2-4-8-24(22)30(26(27)32)14-13-20-17-29-23-7-3-1-5-21(20)23/h1-12,17,29,33H,13-15H2. The highest BCUT2D eigenvalue weighted by atomic mass is 16.3. The minimum absolute atomic E-state index is 0.352. The van der Waals surface area contributed by atoms with Gasteiger partial charge in [-0.25, -0.2) is 0 Å². The maximum atomic E-state index is 13.4. The number of para-hydroxylation sites is 2. The molecule has 5 rings (SSSR count). The van der Waals surface area contributed by atoms with Crippen molar-refractivity contribution < 1.29 is 14.7 Å². The monoisotopic (exact) mass is 435 g/mol. The van der Waals surface area contributed by atoms with Crippen LogP contribution in [0.5, 0.6) is 0 Å². The fourth-order valence-corrected chi connectivity index (χ4v) is 4.54. The second kappa shape index (κ2) is 8.05. The number of aliphatic hydroxyl groups is 1. The summed E-state index contributed by atoms with van der Waals surface area (Å²) in [6.07, 6.45) is 2.18. The second-order valence-corrected chi connectivity index (χ2v) is 8.23. The molecular formula is C27H21N3O3. The third-order valence-corrected chi connectivity index (χ3v) is 6.27. The molecule has 3 aromatic carbocycles. The van der Waals surface area contributed by atoms with Crippen LogP contribution in [0.15, 0.2) is 79.0 Å². The number of carbonyl (C=O) groups excluding carboxylic acids is 2. The summed E-state index contributed by atoms with van der Waals surface area (Å²) < 4.78 is 0. The molecule has 0 saturated carbocycles. The Morgan fingerprint density at radius 2 is 1.76 bits per heavy atom.